The van der Waals surface area contributed by atoms with E-state index in [0.29, 0.717) is 12.2 Å². The smallest absolute Gasteiger partial charge is 0.202 e. The van der Waals surface area contributed by atoms with Gasteiger partial charge in [-0.2, -0.15) is 0 Å². The van der Waals surface area contributed by atoms with Gasteiger partial charge in [-0.25, -0.2) is 0 Å². The molecule has 3 aromatic rings. The van der Waals surface area contributed by atoms with Crippen LogP contribution >= 0.6 is 0 Å². The molecule has 1 heterocycles. The number of ketones is 1. The Morgan fingerprint density at radius 2 is 1.80 bits per heavy atom. The molecule has 0 unspecified atom stereocenters. The highest BCUT2D eigenvalue weighted by Crippen LogP contribution is 2.31. The highest BCUT2D eigenvalue weighted by molar-refractivity contribution is 6.01. The van der Waals surface area contributed by atoms with Gasteiger partial charge in [0, 0.05) is 17.5 Å². The molecule has 0 amide bonds. The molecular formula is C18H12O2. The zero-order valence-electron chi connectivity index (χ0n) is 10.8. The van der Waals surface area contributed by atoms with Crippen molar-refractivity contribution in [2.45, 2.75) is 6.42 Å². The molecule has 2 heteroatoms. The van der Waals surface area contributed by atoms with Crippen LogP contribution in [0.4, 0.5) is 0 Å². The van der Waals surface area contributed by atoms with Crippen molar-refractivity contribution in [3.8, 4) is 11.3 Å². The Morgan fingerprint density at radius 3 is 2.65 bits per heavy atom. The molecule has 0 saturated heterocycles. The molecule has 20 heavy (non-hydrogen) atoms. The Bertz CT molecular complexity index is 853. The number of carbonyl (C=O) groups excluding carboxylic acids is 1. The number of allylic oxidation sites excluding steroid dienone is 1. The summed E-state index contributed by atoms with van der Waals surface area (Å²) >= 11 is 0. The van der Waals surface area contributed by atoms with Gasteiger partial charge in [0.25, 0.3) is 0 Å². The molecule has 1 aliphatic carbocycles. The SMILES string of the molecule is O=C1CC=Cc2cc(-c3ccc4ccccc4c3)oc21. The predicted molar refractivity (Wildman–Crippen MR) is 79.6 cm³/mol. The molecule has 1 aliphatic rings. The fourth-order valence-electron chi connectivity index (χ4n) is 2.62. The van der Waals surface area contributed by atoms with Crippen molar-refractivity contribution in [2.75, 3.05) is 0 Å². The predicted octanol–water partition coefficient (Wildman–Crippen LogP) is 4.70. The Balaban J connectivity index is 1.87. The van der Waals surface area contributed by atoms with E-state index in [1.807, 2.05) is 36.4 Å². The molecule has 0 bridgehead atoms. The summed E-state index contributed by atoms with van der Waals surface area (Å²) in [6.07, 6.45) is 4.26. The first-order valence-electron chi connectivity index (χ1n) is 6.64. The third kappa shape index (κ3) is 1.69. The lowest BCUT2D eigenvalue weighted by Gasteiger charge is -2.01. The van der Waals surface area contributed by atoms with Crippen molar-refractivity contribution in [1.82, 2.24) is 0 Å². The van der Waals surface area contributed by atoms with Crippen LogP contribution in [0, 0.1) is 0 Å². The van der Waals surface area contributed by atoms with Gasteiger partial charge < -0.3 is 4.42 Å². The van der Waals surface area contributed by atoms with Crippen LogP contribution in [0.5, 0.6) is 0 Å². The molecule has 4 rings (SSSR count). The van der Waals surface area contributed by atoms with Crippen LogP contribution < -0.4 is 0 Å². The van der Waals surface area contributed by atoms with Crippen molar-refractivity contribution in [3.63, 3.8) is 0 Å². The molecule has 0 radical (unpaired) electrons. The summed E-state index contributed by atoms with van der Waals surface area (Å²) in [7, 11) is 0. The molecule has 96 valence electrons. The summed E-state index contributed by atoms with van der Waals surface area (Å²) in [5.74, 6) is 1.28. The quantitative estimate of drug-likeness (QED) is 0.634. The summed E-state index contributed by atoms with van der Waals surface area (Å²) < 4.78 is 5.75. The minimum Gasteiger partial charge on any atom is -0.452 e. The van der Waals surface area contributed by atoms with Crippen LogP contribution in [0.25, 0.3) is 28.2 Å². The topological polar surface area (TPSA) is 30.2 Å². The van der Waals surface area contributed by atoms with E-state index in [0.717, 1.165) is 16.9 Å². The van der Waals surface area contributed by atoms with Crippen LogP contribution in [0.2, 0.25) is 0 Å². The molecule has 0 atom stereocenters. The molecule has 0 aliphatic heterocycles. The molecule has 1 aromatic heterocycles. The van der Waals surface area contributed by atoms with E-state index in [-0.39, 0.29) is 5.78 Å². The van der Waals surface area contributed by atoms with Gasteiger partial charge >= 0.3 is 0 Å². The highest BCUT2D eigenvalue weighted by Gasteiger charge is 2.19. The van der Waals surface area contributed by atoms with E-state index in [1.54, 1.807) is 0 Å². The van der Waals surface area contributed by atoms with E-state index in [9.17, 15) is 4.79 Å². The Morgan fingerprint density at radius 1 is 0.950 bits per heavy atom. The van der Waals surface area contributed by atoms with Crippen LogP contribution in [-0.2, 0) is 0 Å². The van der Waals surface area contributed by atoms with E-state index >= 15 is 0 Å². The number of rotatable bonds is 1. The van der Waals surface area contributed by atoms with Crippen molar-refractivity contribution in [2.24, 2.45) is 0 Å². The highest BCUT2D eigenvalue weighted by atomic mass is 16.3. The Labute approximate surface area is 116 Å². The maximum Gasteiger partial charge on any atom is 0.202 e. The first kappa shape index (κ1) is 11.2. The standard InChI is InChI=1S/C18H12O2/c19-16-7-3-6-15-11-17(20-18(15)16)14-9-8-12-4-1-2-5-13(12)10-14/h1-6,8-11H,7H2. The maximum absolute atomic E-state index is 11.8. The monoisotopic (exact) mass is 260 g/mol. The van der Waals surface area contributed by atoms with E-state index < -0.39 is 0 Å². The minimum atomic E-state index is 0.0505. The molecular weight excluding hydrogens is 248 g/mol. The number of furan rings is 1. The molecule has 0 fully saturated rings. The summed E-state index contributed by atoms with van der Waals surface area (Å²) in [5.41, 5.74) is 1.88. The lowest BCUT2D eigenvalue weighted by molar-refractivity contribution is 0.0968. The van der Waals surface area contributed by atoms with Crippen molar-refractivity contribution in [1.29, 1.82) is 0 Å². The van der Waals surface area contributed by atoms with Gasteiger partial charge in [-0.15, -0.1) is 0 Å². The van der Waals surface area contributed by atoms with E-state index in [4.69, 9.17) is 4.42 Å². The zero-order chi connectivity index (χ0) is 13.5. The van der Waals surface area contributed by atoms with Crippen molar-refractivity contribution < 1.29 is 9.21 Å². The van der Waals surface area contributed by atoms with Crippen LogP contribution in [0.15, 0.2) is 59.0 Å². The molecule has 0 saturated carbocycles. The van der Waals surface area contributed by atoms with Crippen LogP contribution in [0.1, 0.15) is 22.5 Å². The average molecular weight is 260 g/mol. The maximum atomic E-state index is 11.8. The number of Topliss-reactive ketones (excluding diaryl/α,β-unsaturated/α-hetero) is 1. The summed E-state index contributed by atoms with van der Waals surface area (Å²) in [5, 5.41) is 2.37. The van der Waals surface area contributed by atoms with Gasteiger partial charge in [0.05, 0.1) is 0 Å². The molecule has 2 nitrogen and oxygen atoms in total. The normalized spacial score (nSPS) is 13.7. The molecule has 0 spiro atoms. The lowest BCUT2D eigenvalue weighted by atomic mass is 10.0. The number of carbonyl (C=O) groups is 1. The second-order valence-corrected chi connectivity index (χ2v) is 4.99. The number of hydrogen-bond donors (Lipinski definition) is 0. The van der Waals surface area contributed by atoms with Gasteiger partial charge in [0.15, 0.2) is 5.76 Å². The average Bonchev–Trinajstić information content (AvgIpc) is 2.92. The zero-order valence-corrected chi connectivity index (χ0v) is 10.8. The van der Waals surface area contributed by atoms with Crippen molar-refractivity contribution in [3.05, 3.63) is 65.9 Å². The van der Waals surface area contributed by atoms with Gasteiger partial charge in [0.2, 0.25) is 5.78 Å². The van der Waals surface area contributed by atoms with Gasteiger partial charge in [-0.3, -0.25) is 4.79 Å². The van der Waals surface area contributed by atoms with Crippen LogP contribution in [0.3, 0.4) is 0 Å². The van der Waals surface area contributed by atoms with Gasteiger partial charge in [0.1, 0.15) is 5.76 Å². The summed E-state index contributed by atoms with van der Waals surface area (Å²) in [6.45, 7) is 0. The van der Waals surface area contributed by atoms with E-state index in [2.05, 4.69) is 24.3 Å². The third-order valence-electron chi connectivity index (χ3n) is 3.65. The number of hydrogen-bond acceptors (Lipinski definition) is 2. The molecule has 2 aromatic carbocycles. The van der Waals surface area contributed by atoms with Crippen molar-refractivity contribution >= 4 is 22.6 Å². The van der Waals surface area contributed by atoms with E-state index in [1.165, 1.54) is 10.8 Å². The summed E-state index contributed by atoms with van der Waals surface area (Å²) in [6, 6.07) is 16.3. The van der Waals surface area contributed by atoms with Gasteiger partial charge in [-0.05, 0) is 22.9 Å². The minimum absolute atomic E-state index is 0.0505. The second-order valence-electron chi connectivity index (χ2n) is 4.99. The molecule has 0 N–H and O–H groups in total. The second kappa shape index (κ2) is 4.20. The fraction of sp³-hybridized carbons (Fsp3) is 0.0556. The number of fused-ring (bicyclic) bond motifs is 2. The lowest BCUT2D eigenvalue weighted by Crippen LogP contribution is -2.00. The van der Waals surface area contributed by atoms with Gasteiger partial charge in [-0.1, -0.05) is 48.6 Å². The number of benzene rings is 2. The fourth-order valence-corrected chi connectivity index (χ4v) is 2.62. The largest absolute Gasteiger partial charge is 0.452 e. The first-order chi connectivity index (χ1) is 9.81. The Hall–Kier alpha value is -2.61. The first-order valence-corrected chi connectivity index (χ1v) is 6.64. The summed E-state index contributed by atoms with van der Waals surface area (Å²) in [4.78, 5) is 11.8. The third-order valence-corrected chi connectivity index (χ3v) is 3.65. The Kier molecular flexibility index (Phi) is 2.36. The van der Waals surface area contributed by atoms with Crippen LogP contribution in [-0.4, -0.2) is 5.78 Å².